The van der Waals surface area contributed by atoms with E-state index in [2.05, 4.69) is 58.5 Å². The second-order valence-corrected chi connectivity index (χ2v) is 11.7. The van der Waals surface area contributed by atoms with Crippen LogP contribution in [-0.2, 0) is 6.18 Å². The molecule has 0 aliphatic carbocycles. The number of fused-ring (bicyclic) bond motifs is 6. The number of hydrogen-bond acceptors (Lipinski definition) is 1. The highest BCUT2D eigenvalue weighted by atomic mass is 19.4. The van der Waals surface area contributed by atoms with E-state index < -0.39 is 11.7 Å². The molecule has 0 bridgehead atoms. The molecule has 46 heavy (non-hydrogen) atoms. The average Bonchev–Trinajstić information content (AvgIpc) is 3.59. The van der Waals surface area contributed by atoms with Gasteiger partial charge in [0.05, 0.1) is 50.6 Å². The summed E-state index contributed by atoms with van der Waals surface area (Å²) in [5.74, 6) is 0. The number of rotatable bonds is 3. The van der Waals surface area contributed by atoms with Gasteiger partial charge in [0.1, 0.15) is 0 Å². The van der Waals surface area contributed by atoms with E-state index in [1.807, 2.05) is 55.5 Å². The number of alkyl halides is 3. The van der Waals surface area contributed by atoms with Crippen LogP contribution in [0.2, 0.25) is 0 Å². The van der Waals surface area contributed by atoms with E-state index in [9.17, 15) is 18.4 Å². The maximum atomic E-state index is 14.4. The van der Waals surface area contributed by atoms with Gasteiger partial charge in [0, 0.05) is 27.1 Å². The highest BCUT2D eigenvalue weighted by molar-refractivity contribution is 6.12. The van der Waals surface area contributed by atoms with Gasteiger partial charge in [-0.15, -0.1) is 0 Å². The molecule has 0 aliphatic heterocycles. The molecule has 0 spiro atoms. The molecule has 8 rings (SSSR count). The standard InChI is InChI=1S/C40H26F3N3/c1-24-11-9-16-30-28-14-4-7-19-34(28)45(38(24)30)36-21-26(23-44)32(27-13-3-6-18-33(27)40(41,42)43)22-37(36)46-35-20-8-5-15-29(35)31-17-10-12-25(2)39(31)46/h3-22H,1-2H3. The maximum Gasteiger partial charge on any atom is 0.417 e. The first-order chi connectivity index (χ1) is 22.3. The fraction of sp³-hybridized carbons (Fsp3) is 0.0750. The smallest absolute Gasteiger partial charge is 0.307 e. The Bertz CT molecular complexity index is 2560. The van der Waals surface area contributed by atoms with Gasteiger partial charge < -0.3 is 9.13 Å². The van der Waals surface area contributed by atoms with Crippen molar-refractivity contribution in [3.8, 4) is 28.6 Å². The van der Waals surface area contributed by atoms with Crippen LogP contribution in [-0.4, -0.2) is 9.13 Å². The second-order valence-electron chi connectivity index (χ2n) is 11.7. The summed E-state index contributed by atoms with van der Waals surface area (Å²) in [6, 6.07) is 39.8. The van der Waals surface area contributed by atoms with Crippen molar-refractivity contribution in [2.24, 2.45) is 0 Å². The minimum absolute atomic E-state index is 0.0322. The normalized spacial score (nSPS) is 12.0. The molecule has 0 saturated carbocycles. The summed E-state index contributed by atoms with van der Waals surface area (Å²) in [5, 5.41) is 14.7. The van der Waals surface area contributed by atoms with E-state index in [0.29, 0.717) is 11.4 Å². The van der Waals surface area contributed by atoms with Crippen LogP contribution in [0.5, 0.6) is 0 Å². The zero-order chi connectivity index (χ0) is 31.7. The lowest BCUT2D eigenvalue weighted by Gasteiger charge is -2.21. The Balaban J connectivity index is 1.61. The van der Waals surface area contributed by atoms with Crippen molar-refractivity contribution in [3.05, 3.63) is 144 Å². The number of hydrogen-bond donors (Lipinski definition) is 0. The lowest BCUT2D eigenvalue weighted by Crippen LogP contribution is -2.09. The van der Waals surface area contributed by atoms with Crippen molar-refractivity contribution in [1.82, 2.24) is 9.13 Å². The number of halogens is 3. The summed E-state index contributed by atoms with van der Waals surface area (Å²) >= 11 is 0. The van der Waals surface area contributed by atoms with E-state index in [1.165, 1.54) is 12.1 Å². The van der Waals surface area contributed by atoms with Crippen molar-refractivity contribution in [3.63, 3.8) is 0 Å². The lowest BCUT2D eigenvalue weighted by molar-refractivity contribution is -0.137. The van der Waals surface area contributed by atoms with Crippen molar-refractivity contribution in [2.45, 2.75) is 20.0 Å². The molecule has 0 saturated heterocycles. The summed E-state index contributed by atoms with van der Waals surface area (Å²) < 4.78 is 47.6. The van der Waals surface area contributed by atoms with Crippen LogP contribution in [0.25, 0.3) is 66.1 Å². The molecule has 0 unspecified atom stereocenters. The molecule has 0 fully saturated rings. The molecule has 6 heteroatoms. The topological polar surface area (TPSA) is 33.6 Å². The van der Waals surface area contributed by atoms with Gasteiger partial charge in [-0.25, -0.2) is 0 Å². The number of nitrogens with zero attached hydrogens (tertiary/aromatic N) is 3. The van der Waals surface area contributed by atoms with Gasteiger partial charge in [0.2, 0.25) is 0 Å². The zero-order valence-corrected chi connectivity index (χ0v) is 25.0. The Morgan fingerprint density at radius 1 is 0.543 bits per heavy atom. The first kappa shape index (κ1) is 27.7. The molecule has 2 heterocycles. The molecule has 6 aromatic carbocycles. The quantitative estimate of drug-likeness (QED) is 0.197. The first-order valence-electron chi connectivity index (χ1n) is 15.0. The van der Waals surface area contributed by atoms with Gasteiger partial charge in [-0.2, -0.15) is 18.4 Å². The van der Waals surface area contributed by atoms with Gasteiger partial charge in [0.25, 0.3) is 0 Å². The molecule has 2 aromatic heterocycles. The predicted octanol–water partition coefficient (Wildman–Crippen LogP) is 11.1. The maximum absolute atomic E-state index is 14.4. The van der Waals surface area contributed by atoms with Gasteiger partial charge in [-0.1, -0.05) is 91.0 Å². The Kier molecular flexibility index (Phi) is 6.10. The Morgan fingerprint density at radius 3 is 1.57 bits per heavy atom. The third-order valence-electron chi connectivity index (χ3n) is 9.03. The van der Waals surface area contributed by atoms with E-state index in [-0.39, 0.29) is 16.7 Å². The fourth-order valence-corrected chi connectivity index (χ4v) is 7.10. The van der Waals surface area contributed by atoms with Gasteiger partial charge in [-0.3, -0.25) is 0 Å². The molecule has 0 atom stereocenters. The van der Waals surface area contributed by atoms with E-state index in [4.69, 9.17) is 0 Å². The summed E-state index contributed by atoms with van der Waals surface area (Å²) in [6.45, 7) is 4.10. The zero-order valence-electron chi connectivity index (χ0n) is 25.0. The van der Waals surface area contributed by atoms with Crippen molar-refractivity contribution >= 4 is 43.6 Å². The predicted molar refractivity (Wildman–Crippen MR) is 180 cm³/mol. The van der Waals surface area contributed by atoms with E-state index >= 15 is 0 Å². The van der Waals surface area contributed by atoms with Crippen molar-refractivity contribution < 1.29 is 13.2 Å². The molecule has 222 valence electrons. The molecule has 0 aliphatic rings. The molecule has 0 N–H and O–H groups in total. The monoisotopic (exact) mass is 605 g/mol. The largest absolute Gasteiger partial charge is 0.417 e. The highest BCUT2D eigenvalue weighted by Crippen LogP contribution is 2.44. The molecular weight excluding hydrogens is 579 g/mol. The minimum Gasteiger partial charge on any atom is -0.307 e. The number of aryl methyl sites for hydroxylation is 2. The van der Waals surface area contributed by atoms with Crippen molar-refractivity contribution in [2.75, 3.05) is 0 Å². The first-order valence-corrected chi connectivity index (χ1v) is 15.0. The Morgan fingerprint density at radius 2 is 1.02 bits per heavy atom. The van der Waals surface area contributed by atoms with Crippen LogP contribution in [0.3, 0.4) is 0 Å². The summed E-state index contributed by atoms with van der Waals surface area (Å²) in [7, 11) is 0. The van der Waals surface area contributed by atoms with Crippen molar-refractivity contribution in [1.29, 1.82) is 5.26 Å². The van der Waals surface area contributed by atoms with Crippen LogP contribution >= 0.6 is 0 Å². The summed E-state index contributed by atoms with van der Waals surface area (Å²) in [4.78, 5) is 0. The van der Waals surface area contributed by atoms with Gasteiger partial charge in [0.15, 0.2) is 0 Å². The number of aromatic nitrogens is 2. The van der Waals surface area contributed by atoms with Crippen LogP contribution in [0.15, 0.2) is 121 Å². The molecular formula is C40H26F3N3. The highest BCUT2D eigenvalue weighted by Gasteiger charge is 2.34. The number of nitriles is 1. The second kappa shape index (κ2) is 10.1. The molecule has 3 nitrogen and oxygen atoms in total. The Hall–Kier alpha value is -5.80. The molecule has 8 aromatic rings. The molecule has 0 radical (unpaired) electrons. The SMILES string of the molecule is Cc1cccc2c3ccccc3n(-c3cc(C#N)c(-c4ccccc4C(F)(F)F)cc3-n3c4ccccc4c4cccc(C)c43)c12. The van der Waals surface area contributed by atoms with Crippen LogP contribution in [0.1, 0.15) is 22.3 Å². The third kappa shape index (κ3) is 3.98. The van der Waals surface area contributed by atoms with E-state index in [1.54, 1.807) is 18.2 Å². The van der Waals surface area contributed by atoms with Crippen LogP contribution in [0, 0.1) is 25.2 Å². The van der Waals surface area contributed by atoms with Gasteiger partial charge in [-0.05, 0) is 60.9 Å². The van der Waals surface area contributed by atoms with Gasteiger partial charge >= 0.3 is 6.18 Å². The number of benzene rings is 6. The van der Waals surface area contributed by atoms with E-state index in [0.717, 1.165) is 60.8 Å². The van der Waals surface area contributed by atoms with Crippen LogP contribution in [0.4, 0.5) is 13.2 Å². The molecule has 0 amide bonds. The lowest BCUT2D eigenvalue weighted by atomic mass is 9.94. The fourth-order valence-electron chi connectivity index (χ4n) is 7.10. The summed E-state index contributed by atoms with van der Waals surface area (Å²) in [6.07, 6.45) is -4.60. The average molecular weight is 606 g/mol. The minimum atomic E-state index is -4.60. The summed E-state index contributed by atoms with van der Waals surface area (Å²) in [5.41, 5.74) is 6.83. The van der Waals surface area contributed by atoms with Crippen LogP contribution < -0.4 is 0 Å². The Labute approximate surface area is 263 Å². The number of para-hydroxylation sites is 4. The third-order valence-corrected chi connectivity index (χ3v) is 9.03.